The Kier molecular flexibility index (Phi) is 6.95. The molecule has 1 fully saturated rings. The summed E-state index contributed by atoms with van der Waals surface area (Å²) >= 11 is 0. The molecule has 3 N–H and O–H groups in total. The number of ether oxygens (including phenoxy) is 1. The van der Waals surface area contributed by atoms with Crippen LogP contribution in [0, 0.1) is 12.8 Å². The zero-order valence-electron chi connectivity index (χ0n) is 18.0. The lowest BCUT2D eigenvalue weighted by atomic mass is 10.1. The summed E-state index contributed by atoms with van der Waals surface area (Å²) in [6, 6.07) is 13.1. The summed E-state index contributed by atoms with van der Waals surface area (Å²) in [6.45, 7) is 2.35. The van der Waals surface area contributed by atoms with Gasteiger partial charge in [0, 0.05) is 23.8 Å². The Morgan fingerprint density at radius 1 is 1.13 bits per heavy atom. The normalized spacial score (nSPS) is 14.2. The van der Waals surface area contributed by atoms with Crippen molar-refractivity contribution in [2.75, 3.05) is 38.4 Å². The summed E-state index contributed by atoms with van der Waals surface area (Å²) < 4.78 is 5.31. The van der Waals surface area contributed by atoms with E-state index in [2.05, 4.69) is 16.0 Å². The van der Waals surface area contributed by atoms with Crippen LogP contribution in [0.1, 0.15) is 30.0 Å². The topological polar surface area (TPSA) is 82.7 Å². The first-order valence-corrected chi connectivity index (χ1v) is 10.1. The molecule has 0 spiro atoms. The van der Waals surface area contributed by atoms with Gasteiger partial charge in [-0.25, -0.2) is 4.79 Å². The van der Waals surface area contributed by atoms with Gasteiger partial charge in [-0.3, -0.25) is 4.79 Å². The fourth-order valence-corrected chi connectivity index (χ4v) is 3.23. The lowest BCUT2D eigenvalue weighted by molar-refractivity contribution is -0.117. The molecule has 160 valence electrons. The minimum absolute atomic E-state index is 0.00360. The molecule has 1 unspecified atom stereocenters. The van der Waals surface area contributed by atoms with Crippen molar-refractivity contribution >= 4 is 23.3 Å². The minimum atomic E-state index is -0.293. The molecule has 2 aromatic carbocycles. The second-order valence-corrected chi connectivity index (χ2v) is 7.88. The number of nitrogens with zero attached hydrogens (tertiary/aromatic N) is 1. The van der Waals surface area contributed by atoms with E-state index in [1.807, 2.05) is 62.3 Å². The third kappa shape index (κ3) is 5.73. The van der Waals surface area contributed by atoms with E-state index in [1.54, 1.807) is 13.2 Å². The Morgan fingerprint density at radius 2 is 1.90 bits per heavy atom. The second kappa shape index (κ2) is 9.63. The predicted octanol–water partition coefficient (Wildman–Crippen LogP) is 3.78. The fraction of sp³-hybridized carbons (Fsp3) is 0.391. The maximum absolute atomic E-state index is 12.5. The van der Waals surface area contributed by atoms with Crippen LogP contribution in [0.25, 0.3) is 0 Å². The molecule has 7 heteroatoms. The van der Waals surface area contributed by atoms with E-state index in [-0.39, 0.29) is 23.9 Å². The number of urea groups is 1. The number of carbonyl (C=O) groups is 2. The average molecular weight is 411 g/mol. The first-order chi connectivity index (χ1) is 14.4. The molecule has 1 aliphatic rings. The van der Waals surface area contributed by atoms with Crippen LogP contribution in [0.2, 0.25) is 0 Å². The number of likely N-dealkylation sites (N-methyl/N-ethyl adjacent to an activating group) is 1. The molecular weight excluding hydrogens is 380 g/mol. The lowest BCUT2D eigenvalue weighted by Crippen LogP contribution is -2.37. The second-order valence-electron chi connectivity index (χ2n) is 7.88. The van der Waals surface area contributed by atoms with E-state index < -0.39 is 0 Å². The van der Waals surface area contributed by atoms with Gasteiger partial charge in [0.05, 0.1) is 13.2 Å². The number of hydrogen-bond donors (Lipinski definition) is 3. The number of amides is 3. The Hall–Kier alpha value is -3.06. The van der Waals surface area contributed by atoms with E-state index in [1.165, 1.54) is 0 Å². The van der Waals surface area contributed by atoms with E-state index in [9.17, 15) is 9.59 Å². The standard InChI is InChI=1S/C23H30N4O3/c1-15-8-11-18(25-22(28)16-9-10-16)13-20(15)26-23(29)24-14-21(27(2)3)17-6-5-7-19(12-17)30-4/h5-8,11-13,16,21H,9-10,14H2,1-4H3,(H,25,28)(H2,24,26,29). The molecule has 0 aromatic heterocycles. The summed E-state index contributed by atoms with van der Waals surface area (Å²) in [5.74, 6) is 0.955. The van der Waals surface area contributed by atoms with Crippen LogP contribution < -0.4 is 20.7 Å². The van der Waals surface area contributed by atoms with E-state index in [4.69, 9.17) is 4.74 Å². The molecule has 30 heavy (non-hydrogen) atoms. The third-order valence-electron chi connectivity index (χ3n) is 5.26. The van der Waals surface area contributed by atoms with E-state index >= 15 is 0 Å². The van der Waals surface area contributed by atoms with Crippen LogP contribution in [0.4, 0.5) is 16.2 Å². The van der Waals surface area contributed by atoms with Crippen molar-refractivity contribution in [3.05, 3.63) is 53.6 Å². The van der Waals surface area contributed by atoms with Crippen molar-refractivity contribution in [3.63, 3.8) is 0 Å². The highest BCUT2D eigenvalue weighted by atomic mass is 16.5. The molecule has 2 aromatic rings. The number of aryl methyl sites for hydroxylation is 1. The van der Waals surface area contributed by atoms with Crippen LogP contribution in [-0.4, -0.2) is 44.6 Å². The van der Waals surface area contributed by atoms with Gasteiger partial charge in [0.2, 0.25) is 5.91 Å². The highest BCUT2D eigenvalue weighted by Gasteiger charge is 2.29. The predicted molar refractivity (Wildman–Crippen MR) is 119 cm³/mol. The van der Waals surface area contributed by atoms with Gasteiger partial charge in [-0.1, -0.05) is 18.2 Å². The zero-order chi connectivity index (χ0) is 21.7. The van der Waals surface area contributed by atoms with Crippen molar-refractivity contribution in [2.24, 2.45) is 5.92 Å². The smallest absolute Gasteiger partial charge is 0.319 e. The first-order valence-electron chi connectivity index (χ1n) is 10.1. The molecule has 1 aliphatic carbocycles. The molecule has 3 amide bonds. The molecule has 3 rings (SSSR count). The van der Waals surface area contributed by atoms with E-state index in [0.717, 1.165) is 29.7 Å². The zero-order valence-corrected chi connectivity index (χ0v) is 18.0. The number of benzene rings is 2. The first kappa shape index (κ1) is 21.6. The molecule has 7 nitrogen and oxygen atoms in total. The monoisotopic (exact) mass is 410 g/mol. The van der Waals surface area contributed by atoms with Gasteiger partial charge in [-0.05, 0) is 69.3 Å². The van der Waals surface area contributed by atoms with Gasteiger partial charge in [-0.15, -0.1) is 0 Å². The molecule has 1 saturated carbocycles. The third-order valence-corrected chi connectivity index (χ3v) is 5.26. The highest BCUT2D eigenvalue weighted by molar-refractivity contribution is 5.96. The SMILES string of the molecule is COc1cccc(C(CNC(=O)Nc2cc(NC(=O)C3CC3)ccc2C)N(C)C)c1. The van der Waals surface area contributed by atoms with Crippen LogP contribution in [0.15, 0.2) is 42.5 Å². The molecule has 0 radical (unpaired) electrons. The van der Waals surface area contributed by atoms with Crippen LogP contribution in [-0.2, 0) is 4.79 Å². The van der Waals surface area contributed by atoms with Gasteiger partial charge >= 0.3 is 6.03 Å². The maximum Gasteiger partial charge on any atom is 0.319 e. The molecule has 0 saturated heterocycles. The molecule has 0 aliphatic heterocycles. The molecule has 0 heterocycles. The van der Waals surface area contributed by atoms with Gasteiger partial charge in [-0.2, -0.15) is 0 Å². The Balaban J connectivity index is 1.61. The maximum atomic E-state index is 12.5. The fourth-order valence-electron chi connectivity index (χ4n) is 3.23. The lowest BCUT2D eigenvalue weighted by Gasteiger charge is -2.25. The summed E-state index contributed by atoms with van der Waals surface area (Å²) in [5.41, 5.74) is 3.34. The summed E-state index contributed by atoms with van der Waals surface area (Å²) in [6.07, 6.45) is 1.90. The number of nitrogens with one attached hydrogen (secondary N) is 3. The number of hydrogen-bond acceptors (Lipinski definition) is 4. The van der Waals surface area contributed by atoms with Crippen LogP contribution >= 0.6 is 0 Å². The van der Waals surface area contributed by atoms with Crippen molar-refractivity contribution in [1.82, 2.24) is 10.2 Å². The largest absolute Gasteiger partial charge is 0.497 e. The van der Waals surface area contributed by atoms with Crippen molar-refractivity contribution in [2.45, 2.75) is 25.8 Å². The number of rotatable bonds is 8. The quantitative estimate of drug-likeness (QED) is 0.619. The van der Waals surface area contributed by atoms with Gasteiger partial charge < -0.3 is 25.6 Å². The Labute approximate surface area is 177 Å². The molecular formula is C23H30N4O3. The molecule has 1 atom stereocenters. The highest BCUT2D eigenvalue weighted by Crippen LogP contribution is 2.31. The Morgan fingerprint density at radius 3 is 2.57 bits per heavy atom. The van der Waals surface area contributed by atoms with Crippen molar-refractivity contribution < 1.29 is 14.3 Å². The van der Waals surface area contributed by atoms with Crippen molar-refractivity contribution in [1.29, 1.82) is 0 Å². The summed E-state index contributed by atoms with van der Waals surface area (Å²) in [5, 5.41) is 8.75. The van der Waals surface area contributed by atoms with Gasteiger partial charge in [0.15, 0.2) is 0 Å². The molecule has 0 bridgehead atoms. The Bertz CT molecular complexity index is 909. The number of anilines is 2. The van der Waals surface area contributed by atoms with Gasteiger partial charge in [0.1, 0.15) is 5.75 Å². The number of carbonyl (C=O) groups excluding carboxylic acids is 2. The number of methoxy groups -OCH3 is 1. The summed E-state index contributed by atoms with van der Waals surface area (Å²) in [4.78, 5) is 26.6. The average Bonchev–Trinajstić information content (AvgIpc) is 3.56. The van der Waals surface area contributed by atoms with E-state index in [0.29, 0.717) is 17.9 Å². The van der Waals surface area contributed by atoms with Crippen LogP contribution in [0.3, 0.4) is 0 Å². The summed E-state index contributed by atoms with van der Waals surface area (Å²) in [7, 11) is 5.58. The van der Waals surface area contributed by atoms with Gasteiger partial charge in [0.25, 0.3) is 0 Å². The minimum Gasteiger partial charge on any atom is -0.497 e. The van der Waals surface area contributed by atoms with Crippen molar-refractivity contribution in [3.8, 4) is 5.75 Å². The van der Waals surface area contributed by atoms with Crippen LogP contribution in [0.5, 0.6) is 5.75 Å².